The number of nitrogens with two attached hydrogens (primary N) is 1. The van der Waals surface area contributed by atoms with Crippen LogP contribution in [0.25, 0.3) is 0 Å². The minimum absolute atomic E-state index is 0. The highest BCUT2D eigenvalue weighted by atomic mass is 35.5. The smallest absolute Gasteiger partial charge is 0.265 e. The molecule has 90 valence electrons. The van der Waals surface area contributed by atoms with E-state index < -0.39 is 0 Å². The zero-order valence-electron chi connectivity index (χ0n) is 9.18. The fourth-order valence-corrected chi connectivity index (χ4v) is 2.46. The number of hydrogen-bond acceptors (Lipinski definition) is 4. The number of hydrogen-bond donors (Lipinski definition) is 1. The predicted octanol–water partition coefficient (Wildman–Crippen LogP) is 1.44. The van der Waals surface area contributed by atoms with Gasteiger partial charge in [-0.3, -0.25) is 4.79 Å². The van der Waals surface area contributed by atoms with Gasteiger partial charge >= 0.3 is 0 Å². The molecule has 0 atom stereocenters. The van der Waals surface area contributed by atoms with Gasteiger partial charge in [-0.05, 0) is 19.8 Å². The van der Waals surface area contributed by atoms with Gasteiger partial charge < -0.3 is 10.6 Å². The van der Waals surface area contributed by atoms with Crippen LogP contribution in [0.2, 0.25) is 0 Å². The second kappa shape index (κ2) is 5.61. The summed E-state index contributed by atoms with van der Waals surface area (Å²) in [4.78, 5) is 18.7. The molecular formula is C10H16ClN3OS. The Hall–Kier alpha value is -0.650. The van der Waals surface area contributed by atoms with E-state index in [4.69, 9.17) is 5.73 Å². The minimum atomic E-state index is 0. The van der Waals surface area contributed by atoms with Crippen LogP contribution in [0.15, 0.2) is 6.20 Å². The topological polar surface area (TPSA) is 59.2 Å². The van der Waals surface area contributed by atoms with Crippen molar-refractivity contribution >= 4 is 29.7 Å². The number of aromatic nitrogens is 1. The Labute approximate surface area is 105 Å². The molecule has 2 heterocycles. The molecule has 1 aromatic heterocycles. The fraction of sp³-hybridized carbons (Fsp3) is 0.600. The molecule has 16 heavy (non-hydrogen) atoms. The molecule has 1 aliphatic heterocycles. The molecule has 0 unspecified atom stereocenters. The molecule has 1 amide bonds. The third-order valence-corrected chi connectivity index (χ3v) is 3.56. The number of carbonyl (C=O) groups excluding carboxylic acids is 1. The molecule has 0 aliphatic carbocycles. The van der Waals surface area contributed by atoms with Crippen molar-refractivity contribution in [1.82, 2.24) is 9.88 Å². The van der Waals surface area contributed by atoms with Crippen LogP contribution >= 0.6 is 23.7 Å². The van der Waals surface area contributed by atoms with Crippen molar-refractivity contribution in [2.24, 2.45) is 5.73 Å². The van der Waals surface area contributed by atoms with Gasteiger partial charge in [-0.15, -0.1) is 23.7 Å². The van der Waals surface area contributed by atoms with Gasteiger partial charge in [0.05, 0.1) is 11.2 Å². The summed E-state index contributed by atoms with van der Waals surface area (Å²) in [5.41, 5.74) is 5.79. The van der Waals surface area contributed by atoms with E-state index in [2.05, 4.69) is 4.98 Å². The molecule has 6 heteroatoms. The standard InChI is InChI=1S/C10H15N3OS.ClH/c1-7-12-6-9(15-7)10(14)13-4-2-8(11)3-5-13;/h6,8H,2-5,11H2,1H3;1H. The maximum atomic E-state index is 12.0. The summed E-state index contributed by atoms with van der Waals surface area (Å²) in [7, 11) is 0. The SMILES string of the molecule is Cc1ncc(C(=O)N2CCC(N)CC2)s1.Cl. The average Bonchev–Trinajstić information content (AvgIpc) is 2.65. The Bertz CT molecular complexity index is 361. The Kier molecular flexibility index (Phi) is 4.70. The van der Waals surface area contributed by atoms with E-state index in [1.54, 1.807) is 6.20 Å². The lowest BCUT2D eigenvalue weighted by molar-refractivity contribution is 0.0719. The van der Waals surface area contributed by atoms with Crippen LogP contribution in [0.5, 0.6) is 0 Å². The first-order valence-electron chi connectivity index (χ1n) is 5.14. The summed E-state index contributed by atoms with van der Waals surface area (Å²) in [6.07, 6.45) is 3.48. The molecule has 0 spiro atoms. The lowest BCUT2D eigenvalue weighted by Gasteiger charge is -2.29. The third kappa shape index (κ3) is 2.93. The van der Waals surface area contributed by atoms with Gasteiger partial charge in [0.2, 0.25) is 0 Å². The highest BCUT2D eigenvalue weighted by Gasteiger charge is 2.22. The second-order valence-electron chi connectivity index (χ2n) is 3.87. The largest absolute Gasteiger partial charge is 0.338 e. The van der Waals surface area contributed by atoms with Crippen LogP contribution in [0.3, 0.4) is 0 Å². The second-order valence-corrected chi connectivity index (χ2v) is 5.11. The molecule has 0 bridgehead atoms. The molecule has 0 saturated carbocycles. The van der Waals surface area contributed by atoms with Crippen molar-refractivity contribution in [2.45, 2.75) is 25.8 Å². The number of piperidine rings is 1. The summed E-state index contributed by atoms with van der Waals surface area (Å²) in [6.45, 7) is 3.46. The first kappa shape index (κ1) is 13.4. The van der Waals surface area contributed by atoms with E-state index >= 15 is 0 Å². The third-order valence-electron chi connectivity index (χ3n) is 2.66. The maximum Gasteiger partial charge on any atom is 0.265 e. The van der Waals surface area contributed by atoms with Gasteiger partial charge in [-0.25, -0.2) is 4.98 Å². The zero-order valence-corrected chi connectivity index (χ0v) is 10.8. The quantitative estimate of drug-likeness (QED) is 0.832. The fourth-order valence-electron chi connectivity index (χ4n) is 1.72. The number of amides is 1. The van der Waals surface area contributed by atoms with Crippen molar-refractivity contribution in [1.29, 1.82) is 0 Å². The first-order valence-corrected chi connectivity index (χ1v) is 5.96. The summed E-state index contributed by atoms with van der Waals surface area (Å²) in [5.74, 6) is 0.104. The molecule has 1 saturated heterocycles. The molecule has 1 fully saturated rings. The normalized spacial score (nSPS) is 17.0. The number of carbonyl (C=O) groups is 1. The first-order chi connectivity index (χ1) is 7.16. The lowest BCUT2D eigenvalue weighted by atomic mass is 10.1. The summed E-state index contributed by atoms with van der Waals surface area (Å²) in [5, 5.41) is 0.937. The summed E-state index contributed by atoms with van der Waals surface area (Å²) >= 11 is 1.46. The Morgan fingerprint density at radius 3 is 2.69 bits per heavy atom. The minimum Gasteiger partial charge on any atom is -0.338 e. The predicted molar refractivity (Wildman–Crippen MR) is 67.2 cm³/mol. The number of thiazole rings is 1. The van der Waals surface area contributed by atoms with Gasteiger partial charge in [0, 0.05) is 19.1 Å². The maximum absolute atomic E-state index is 12.0. The van der Waals surface area contributed by atoms with Crippen LogP contribution in [0.1, 0.15) is 27.5 Å². The van der Waals surface area contributed by atoms with Crippen LogP contribution in [-0.2, 0) is 0 Å². The number of likely N-dealkylation sites (tertiary alicyclic amines) is 1. The number of halogens is 1. The van der Waals surface area contributed by atoms with Gasteiger partial charge in [-0.1, -0.05) is 0 Å². The van der Waals surface area contributed by atoms with Gasteiger partial charge in [0.15, 0.2) is 0 Å². The number of aryl methyl sites for hydroxylation is 1. The van der Waals surface area contributed by atoms with E-state index in [0.717, 1.165) is 35.8 Å². The molecule has 0 radical (unpaired) electrons. The van der Waals surface area contributed by atoms with Crippen molar-refractivity contribution < 1.29 is 4.79 Å². The Morgan fingerprint density at radius 2 is 2.19 bits per heavy atom. The summed E-state index contributed by atoms with van der Waals surface area (Å²) in [6, 6.07) is 0.261. The number of rotatable bonds is 1. The monoisotopic (exact) mass is 261 g/mol. The van der Waals surface area contributed by atoms with E-state index in [1.165, 1.54) is 11.3 Å². The highest BCUT2D eigenvalue weighted by Crippen LogP contribution is 2.17. The van der Waals surface area contributed by atoms with Gasteiger partial charge in [-0.2, -0.15) is 0 Å². The van der Waals surface area contributed by atoms with Crippen LogP contribution in [0.4, 0.5) is 0 Å². The van der Waals surface area contributed by atoms with Crippen molar-refractivity contribution in [3.05, 3.63) is 16.1 Å². The number of nitrogens with zero attached hydrogens (tertiary/aromatic N) is 2. The van der Waals surface area contributed by atoms with Crippen molar-refractivity contribution in [3.8, 4) is 0 Å². The van der Waals surface area contributed by atoms with Gasteiger partial charge in [0.1, 0.15) is 4.88 Å². The molecule has 0 aromatic carbocycles. The lowest BCUT2D eigenvalue weighted by Crippen LogP contribution is -2.42. The zero-order chi connectivity index (χ0) is 10.8. The van der Waals surface area contributed by atoms with E-state index in [0.29, 0.717) is 0 Å². The van der Waals surface area contributed by atoms with Crippen molar-refractivity contribution in [3.63, 3.8) is 0 Å². The molecule has 1 aromatic rings. The average molecular weight is 262 g/mol. The Morgan fingerprint density at radius 1 is 1.56 bits per heavy atom. The molecular weight excluding hydrogens is 246 g/mol. The molecule has 1 aliphatic rings. The van der Waals surface area contributed by atoms with Crippen LogP contribution in [0, 0.1) is 6.92 Å². The van der Waals surface area contributed by atoms with Gasteiger partial charge in [0.25, 0.3) is 5.91 Å². The summed E-state index contributed by atoms with van der Waals surface area (Å²) < 4.78 is 0. The Balaban J connectivity index is 0.00000128. The molecule has 4 nitrogen and oxygen atoms in total. The highest BCUT2D eigenvalue weighted by molar-refractivity contribution is 7.13. The molecule has 2 rings (SSSR count). The molecule has 2 N–H and O–H groups in total. The van der Waals surface area contributed by atoms with Crippen LogP contribution < -0.4 is 5.73 Å². The van der Waals surface area contributed by atoms with E-state index in [1.807, 2.05) is 11.8 Å². The van der Waals surface area contributed by atoms with E-state index in [-0.39, 0.29) is 24.4 Å². The van der Waals surface area contributed by atoms with E-state index in [9.17, 15) is 4.79 Å². The van der Waals surface area contributed by atoms with Crippen molar-refractivity contribution in [2.75, 3.05) is 13.1 Å². The van der Waals surface area contributed by atoms with Crippen LogP contribution in [-0.4, -0.2) is 34.9 Å².